The Balaban J connectivity index is 1.71. The van der Waals surface area contributed by atoms with Gasteiger partial charge in [0.25, 0.3) is 0 Å². The Hall–Kier alpha value is -2.98. The molecular formula is C21H27N3O6S. The van der Waals surface area contributed by atoms with Gasteiger partial charge in [-0.05, 0) is 43.2 Å². The molecule has 10 heteroatoms. The van der Waals surface area contributed by atoms with Crippen LogP contribution >= 0.6 is 0 Å². The summed E-state index contributed by atoms with van der Waals surface area (Å²) in [4.78, 5) is 14.7. The van der Waals surface area contributed by atoms with Crippen molar-refractivity contribution in [2.24, 2.45) is 5.14 Å². The molecule has 0 aliphatic carbocycles. The number of rotatable bonds is 8. The summed E-state index contributed by atoms with van der Waals surface area (Å²) in [5.41, 5.74) is 2.44. The van der Waals surface area contributed by atoms with Gasteiger partial charge in [-0.25, -0.2) is 13.6 Å². The maximum atomic E-state index is 12.7. The highest BCUT2D eigenvalue weighted by molar-refractivity contribution is 7.89. The number of anilines is 1. The molecule has 3 rings (SSSR count). The van der Waals surface area contributed by atoms with Gasteiger partial charge < -0.3 is 24.4 Å². The summed E-state index contributed by atoms with van der Waals surface area (Å²) in [6.45, 7) is 2.38. The molecule has 2 aromatic carbocycles. The van der Waals surface area contributed by atoms with Gasteiger partial charge in [-0.15, -0.1) is 0 Å². The van der Waals surface area contributed by atoms with Crippen LogP contribution in [0, 0.1) is 0 Å². The Kier molecular flexibility index (Phi) is 6.61. The third-order valence-electron chi connectivity index (χ3n) is 5.31. The van der Waals surface area contributed by atoms with Gasteiger partial charge in [-0.1, -0.05) is 0 Å². The fourth-order valence-corrected chi connectivity index (χ4v) is 4.29. The second-order valence-electron chi connectivity index (χ2n) is 7.31. The van der Waals surface area contributed by atoms with Crippen molar-refractivity contribution in [2.75, 3.05) is 32.8 Å². The Morgan fingerprint density at radius 2 is 1.74 bits per heavy atom. The van der Waals surface area contributed by atoms with Crippen LogP contribution in [0.15, 0.2) is 35.2 Å². The smallest absolute Gasteiger partial charge is 0.239 e. The summed E-state index contributed by atoms with van der Waals surface area (Å²) in [6, 6.07) is 8.26. The molecule has 0 fully saturated rings. The highest BCUT2D eigenvalue weighted by Gasteiger charge is 2.28. The van der Waals surface area contributed by atoms with E-state index >= 15 is 0 Å². The number of carbonyl (C=O) groups is 1. The molecule has 0 bridgehead atoms. The monoisotopic (exact) mass is 449 g/mol. The maximum Gasteiger partial charge on any atom is 0.239 e. The van der Waals surface area contributed by atoms with Crippen LogP contribution in [0.25, 0.3) is 0 Å². The van der Waals surface area contributed by atoms with Gasteiger partial charge in [0.2, 0.25) is 15.9 Å². The molecule has 9 nitrogen and oxygen atoms in total. The van der Waals surface area contributed by atoms with Crippen LogP contribution in [0.4, 0.5) is 5.69 Å². The molecule has 1 amide bonds. The Bertz CT molecular complexity index is 1090. The second kappa shape index (κ2) is 9.03. The number of sulfonamides is 1. The summed E-state index contributed by atoms with van der Waals surface area (Å²) < 4.78 is 39.2. The third kappa shape index (κ3) is 4.86. The molecule has 1 aliphatic rings. The number of methoxy groups -OCH3 is 3. The molecule has 0 spiro atoms. The van der Waals surface area contributed by atoms with E-state index in [0.29, 0.717) is 23.7 Å². The Morgan fingerprint density at radius 3 is 2.35 bits per heavy atom. The number of carbonyl (C=O) groups excluding carboxylic acids is 1. The quantitative estimate of drug-likeness (QED) is 0.625. The van der Waals surface area contributed by atoms with Crippen molar-refractivity contribution < 1.29 is 27.4 Å². The number of nitrogens with one attached hydrogen (secondary N) is 1. The minimum Gasteiger partial charge on any atom is -0.496 e. The van der Waals surface area contributed by atoms with E-state index in [1.807, 2.05) is 11.8 Å². The summed E-state index contributed by atoms with van der Waals surface area (Å²) >= 11 is 0. The van der Waals surface area contributed by atoms with Gasteiger partial charge in [0.05, 0.1) is 32.8 Å². The number of ether oxygens (including phenoxy) is 3. The molecule has 1 atom stereocenters. The van der Waals surface area contributed by atoms with Crippen LogP contribution in [0.5, 0.6) is 17.2 Å². The van der Waals surface area contributed by atoms with E-state index in [4.69, 9.17) is 19.3 Å². The van der Waals surface area contributed by atoms with Gasteiger partial charge in [0.15, 0.2) is 11.5 Å². The van der Waals surface area contributed by atoms with E-state index in [-0.39, 0.29) is 29.9 Å². The number of nitrogens with two attached hydrogens (primary N) is 1. The Morgan fingerprint density at radius 1 is 1.10 bits per heavy atom. The number of nitrogens with zero attached hydrogens (tertiary/aromatic N) is 1. The molecule has 0 unspecified atom stereocenters. The maximum absolute atomic E-state index is 12.7. The predicted octanol–water partition coefficient (Wildman–Crippen LogP) is 1.43. The molecule has 1 heterocycles. The van der Waals surface area contributed by atoms with Crippen molar-refractivity contribution in [3.63, 3.8) is 0 Å². The molecule has 3 N–H and O–H groups in total. The SMILES string of the molecule is COc1cc(OC)c(OC)cc1CNC(=O)CN1c2ccc(S(N)(=O)=O)cc2C[C@H]1C. The van der Waals surface area contributed by atoms with Crippen LogP contribution in [-0.2, 0) is 27.8 Å². The first-order valence-corrected chi connectivity index (χ1v) is 11.2. The van der Waals surface area contributed by atoms with Crippen molar-refractivity contribution >= 4 is 21.6 Å². The minimum atomic E-state index is -3.77. The van der Waals surface area contributed by atoms with Gasteiger partial charge in [-0.2, -0.15) is 0 Å². The zero-order chi connectivity index (χ0) is 22.8. The predicted molar refractivity (Wildman–Crippen MR) is 116 cm³/mol. The number of amides is 1. The number of hydrogen-bond donors (Lipinski definition) is 2. The van der Waals surface area contributed by atoms with Crippen molar-refractivity contribution in [3.05, 3.63) is 41.5 Å². The summed E-state index contributed by atoms with van der Waals surface area (Å²) in [5.74, 6) is 1.48. The fraction of sp³-hybridized carbons (Fsp3) is 0.381. The fourth-order valence-electron chi connectivity index (χ4n) is 3.72. The standard InChI is InChI=1S/C21H27N3O6S/c1-13-7-14-8-16(31(22,26)27)5-6-17(14)24(13)12-21(25)23-11-15-9-19(29-3)20(30-4)10-18(15)28-2/h5-6,8-10,13H,7,11-12H2,1-4H3,(H,23,25)(H2,22,26,27)/t13-/m1/s1. The van der Waals surface area contributed by atoms with Gasteiger partial charge in [0, 0.05) is 29.9 Å². The number of primary sulfonamides is 1. The van der Waals surface area contributed by atoms with E-state index in [1.165, 1.54) is 6.07 Å². The van der Waals surface area contributed by atoms with Crippen molar-refractivity contribution in [2.45, 2.75) is 30.8 Å². The summed E-state index contributed by atoms with van der Waals surface area (Å²) in [7, 11) is 0.862. The lowest BCUT2D eigenvalue weighted by molar-refractivity contribution is -0.120. The zero-order valence-electron chi connectivity index (χ0n) is 18.0. The van der Waals surface area contributed by atoms with Gasteiger partial charge >= 0.3 is 0 Å². The highest BCUT2D eigenvalue weighted by atomic mass is 32.2. The molecule has 31 heavy (non-hydrogen) atoms. The van der Waals surface area contributed by atoms with E-state index in [0.717, 1.165) is 16.8 Å². The minimum absolute atomic E-state index is 0.0482. The van der Waals surface area contributed by atoms with E-state index in [1.54, 1.807) is 45.6 Å². The lowest BCUT2D eigenvalue weighted by Gasteiger charge is -2.24. The van der Waals surface area contributed by atoms with E-state index < -0.39 is 10.0 Å². The Labute approximate surface area is 182 Å². The molecule has 0 saturated carbocycles. The van der Waals surface area contributed by atoms with E-state index in [9.17, 15) is 13.2 Å². The average molecular weight is 450 g/mol. The first kappa shape index (κ1) is 22.7. The molecule has 0 radical (unpaired) electrons. The van der Waals surface area contributed by atoms with Crippen LogP contribution in [0.1, 0.15) is 18.1 Å². The molecular weight excluding hydrogens is 422 g/mol. The van der Waals surface area contributed by atoms with Gasteiger partial charge in [0.1, 0.15) is 5.75 Å². The molecule has 2 aromatic rings. The normalized spacial score (nSPS) is 15.4. The van der Waals surface area contributed by atoms with Crippen LogP contribution < -0.4 is 29.6 Å². The lowest BCUT2D eigenvalue weighted by Crippen LogP contribution is -2.39. The van der Waals surface area contributed by atoms with Crippen molar-refractivity contribution in [1.29, 1.82) is 0 Å². The summed E-state index contributed by atoms with van der Waals surface area (Å²) in [6.07, 6.45) is 0.634. The first-order chi connectivity index (χ1) is 14.7. The number of benzene rings is 2. The molecule has 168 valence electrons. The third-order valence-corrected chi connectivity index (χ3v) is 6.22. The topological polar surface area (TPSA) is 120 Å². The van der Waals surface area contributed by atoms with Gasteiger partial charge in [-0.3, -0.25) is 4.79 Å². The second-order valence-corrected chi connectivity index (χ2v) is 8.87. The first-order valence-electron chi connectivity index (χ1n) is 9.65. The highest BCUT2D eigenvalue weighted by Crippen LogP contribution is 2.35. The molecule has 1 aliphatic heterocycles. The zero-order valence-corrected chi connectivity index (χ0v) is 18.8. The molecule has 0 saturated heterocycles. The number of fused-ring (bicyclic) bond motifs is 1. The van der Waals surface area contributed by atoms with E-state index in [2.05, 4.69) is 5.32 Å². The largest absolute Gasteiger partial charge is 0.496 e. The summed E-state index contributed by atoms with van der Waals surface area (Å²) in [5, 5.41) is 8.13. The van der Waals surface area contributed by atoms with Crippen molar-refractivity contribution in [1.82, 2.24) is 5.32 Å². The molecule has 0 aromatic heterocycles. The lowest BCUT2D eigenvalue weighted by atomic mass is 10.1. The average Bonchev–Trinajstić information content (AvgIpc) is 3.05. The van der Waals surface area contributed by atoms with Crippen LogP contribution in [0.3, 0.4) is 0 Å². The van der Waals surface area contributed by atoms with Crippen LogP contribution in [-0.4, -0.2) is 48.2 Å². The number of hydrogen-bond acceptors (Lipinski definition) is 7. The van der Waals surface area contributed by atoms with Crippen molar-refractivity contribution in [3.8, 4) is 17.2 Å². The van der Waals surface area contributed by atoms with Crippen LogP contribution in [0.2, 0.25) is 0 Å².